The molecular formula is C25H27N5. The van der Waals surface area contributed by atoms with Crippen LogP contribution < -0.4 is 10.2 Å². The second-order valence-electron chi connectivity index (χ2n) is 7.59. The van der Waals surface area contributed by atoms with Crippen LogP contribution in [0.4, 0.5) is 5.69 Å². The van der Waals surface area contributed by atoms with Crippen molar-refractivity contribution in [2.24, 2.45) is 0 Å². The summed E-state index contributed by atoms with van der Waals surface area (Å²) in [6, 6.07) is 23.1. The molecule has 0 amide bonds. The van der Waals surface area contributed by atoms with E-state index in [4.69, 9.17) is 5.10 Å². The summed E-state index contributed by atoms with van der Waals surface area (Å²) in [5.74, 6) is 0. The third-order valence-electron chi connectivity index (χ3n) is 5.06. The maximum absolute atomic E-state index is 4.86. The van der Waals surface area contributed by atoms with E-state index in [2.05, 4.69) is 90.1 Å². The van der Waals surface area contributed by atoms with Gasteiger partial charge < -0.3 is 10.2 Å². The van der Waals surface area contributed by atoms with Crippen molar-refractivity contribution in [3.05, 3.63) is 102 Å². The lowest BCUT2D eigenvalue weighted by atomic mass is 10.1. The third-order valence-corrected chi connectivity index (χ3v) is 5.06. The molecule has 5 nitrogen and oxygen atoms in total. The van der Waals surface area contributed by atoms with Gasteiger partial charge in [0.25, 0.3) is 0 Å². The van der Waals surface area contributed by atoms with Crippen molar-refractivity contribution < 1.29 is 0 Å². The second-order valence-corrected chi connectivity index (χ2v) is 7.59. The molecule has 0 atom stereocenters. The normalized spacial score (nSPS) is 10.9. The van der Waals surface area contributed by atoms with Crippen molar-refractivity contribution in [2.45, 2.75) is 19.6 Å². The molecule has 0 fully saturated rings. The first-order valence-electron chi connectivity index (χ1n) is 10.2. The minimum atomic E-state index is 0.744. The summed E-state index contributed by atoms with van der Waals surface area (Å²) in [5.41, 5.74) is 6.90. The Labute approximate surface area is 178 Å². The van der Waals surface area contributed by atoms with Crippen LogP contribution in [0.3, 0.4) is 0 Å². The van der Waals surface area contributed by atoms with Crippen molar-refractivity contribution in [3.8, 4) is 11.3 Å². The van der Waals surface area contributed by atoms with Gasteiger partial charge in [-0.05, 0) is 35.4 Å². The van der Waals surface area contributed by atoms with Gasteiger partial charge in [0.2, 0.25) is 0 Å². The first-order chi connectivity index (χ1) is 14.7. The number of pyridine rings is 1. The van der Waals surface area contributed by atoms with Gasteiger partial charge in [-0.2, -0.15) is 5.10 Å². The van der Waals surface area contributed by atoms with Crippen molar-refractivity contribution in [1.82, 2.24) is 20.1 Å². The quantitative estimate of drug-likeness (QED) is 0.480. The van der Waals surface area contributed by atoms with Gasteiger partial charge in [0, 0.05) is 62.6 Å². The van der Waals surface area contributed by atoms with Gasteiger partial charge in [0.05, 0.1) is 12.2 Å². The summed E-state index contributed by atoms with van der Waals surface area (Å²) in [5, 5.41) is 8.43. The molecule has 2 aromatic carbocycles. The molecule has 4 aromatic rings. The Bertz CT molecular complexity index is 1050. The number of benzene rings is 2. The highest BCUT2D eigenvalue weighted by molar-refractivity contribution is 5.61. The Morgan fingerprint density at radius 2 is 1.67 bits per heavy atom. The second kappa shape index (κ2) is 9.37. The summed E-state index contributed by atoms with van der Waals surface area (Å²) in [6.07, 6.45) is 5.80. The fourth-order valence-corrected chi connectivity index (χ4v) is 3.44. The highest BCUT2D eigenvalue weighted by atomic mass is 15.3. The van der Waals surface area contributed by atoms with E-state index < -0.39 is 0 Å². The standard InChI is InChI=1S/C25H27N5/c1-29(2)24-12-10-20(11-13-24)15-27-17-23-19-30(18-21-7-4-3-5-8-21)28-25(23)22-9-6-14-26-16-22/h3-14,16,19,27H,15,17-18H2,1-2H3. The van der Waals surface area contributed by atoms with E-state index in [0.717, 1.165) is 30.9 Å². The maximum atomic E-state index is 4.86. The molecule has 0 aliphatic heterocycles. The summed E-state index contributed by atoms with van der Waals surface area (Å²) in [7, 11) is 4.11. The summed E-state index contributed by atoms with van der Waals surface area (Å²) < 4.78 is 2.01. The zero-order valence-electron chi connectivity index (χ0n) is 17.5. The van der Waals surface area contributed by atoms with Crippen LogP contribution in [0.1, 0.15) is 16.7 Å². The van der Waals surface area contributed by atoms with Crippen LogP contribution in [-0.4, -0.2) is 28.9 Å². The molecule has 30 heavy (non-hydrogen) atoms. The Morgan fingerprint density at radius 1 is 0.867 bits per heavy atom. The average molecular weight is 398 g/mol. The van der Waals surface area contributed by atoms with Crippen molar-refractivity contribution in [2.75, 3.05) is 19.0 Å². The van der Waals surface area contributed by atoms with Crippen LogP contribution in [-0.2, 0) is 19.6 Å². The minimum absolute atomic E-state index is 0.744. The number of hydrogen-bond acceptors (Lipinski definition) is 4. The summed E-state index contributed by atoms with van der Waals surface area (Å²) in [4.78, 5) is 6.38. The average Bonchev–Trinajstić information content (AvgIpc) is 3.18. The number of hydrogen-bond donors (Lipinski definition) is 1. The Morgan fingerprint density at radius 3 is 2.37 bits per heavy atom. The molecule has 4 rings (SSSR count). The summed E-state index contributed by atoms with van der Waals surface area (Å²) in [6.45, 7) is 2.30. The molecule has 1 N–H and O–H groups in total. The van der Waals surface area contributed by atoms with E-state index in [-0.39, 0.29) is 0 Å². The highest BCUT2D eigenvalue weighted by Crippen LogP contribution is 2.22. The van der Waals surface area contributed by atoms with Crippen LogP contribution in [0.2, 0.25) is 0 Å². The summed E-state index contributed by atoms with van der Waals surface area (Å²) >= 11 is 0. The van der Waals surface area contributed by atoms with Gasteiger partial charge in [0.1, 0.15) is 0 Å². The number of aromatic nitrogens is 3. The molecule has 5 heteroatoms. The van der Waals surface area contributed by atoms with E-state index in [1.165, 1.54) is 22.4 Å². The zero-order chi connectivity index (χ0) is 20.8. The lowest BCUT2D eigenvalue weighted by Gasteiger charge is -2.13. The zero-order valence-corrected chi connectivity index (χ0v) is 17.5. The van der Waals surface area contributed by atoms with E-state index in [1.807, 2.05) is 23.0 Å². The van der Waals surface area contributed by atoms with Crippen molar-refractivity contribution in [1.29, 1.82) is 0 Å². The molecular weight excluding hydrogens is 370 g/mol. The molecule has 0 aliphatic rings. The SMILES string of the molecule is CN(C)c1ccc(CNCc2cn(Cc3ccccc3)nc2-c2cccnc2)cc1. The molecule has 2 heterocycles. The predicted octanol–water partition coefficient (Wildman–Crippen LogP) is 4.35. The fraction of sp³-hybridized carbons (Fsp3) is 0.200. The van der Waals surface area contributed by atoms with E-state index >= 15 is 0 Å². The van der Waals surface area contributed by atoms with Crippen molar-refractivity contribution in [3.63, 3.8) is 0 Å². The van der Waals surface area contributed by atoms with Gasteiger partial charge in [0.15, 0.2) is 0 Å². The smallest absolute Gasteiger partial charge is 0.0983 e. The molecule has 0 saturated carbocycles. The first-order valence-corrected chi connectivity index (χ1v) is 10.2. The van der Waals surface area contributed by atoms with Gasteiger partial charge >= 0.3 is 0 Å². The molecule has 2 aromatic heterocycles. The Balaban J connectivity index is 1.49. The van der Waals surface area contributed by atoms with Crippen LogP contribution in [0, 0.1) is 0 Å². The van der Waals surface area contributed by atoms with Gasteiger partial charge in [-0.3, -0.25) is 9.67 Å². The molecule has 0 saturated heterocycles. The number of nitrogens with one attached hydrogen (secondary N) is 1. The Hall–Kier alpha value is -3.44. The molecule has 0 bridgehead atoms. The molecule has 0 aliphatic carbocycles. The van der Waals surface area contributed by atoms with Gasteiger partial charge in [-0.1, -0.05) is 42.5 Å². The minimum Gasteiger partial charge on any atom is -0.378 e. The van der Waals surface area contributed by atoms with Crippen LogP contribution in [0.5, 0.6) is 0 Å². The van der Waals surface area contributed by atoms with E-state index in [0.29, 0.717) is 0 Å². The van der Waals surface area contributed by atoms with Crippen LogP contribution >= 0.6 is 0 Å². The molecule has 0 radical (unpaired) electrons. The van der Waals surface area contributed by atoms with Gasteiger partial charge in [-0.15, -0.1) is 0 Å². The number of nitrogens with zero attached hydrogens (tertiary/aromatic N) is 4. The lowest BCUT2D eigenvalue weighted by molar-refractivity contribution is 0.677. The molecule has 0 unspecified atom stereocenters. The van der Waals surface area contributed by atoms with Crippen molar-refractivity contribution >= 4 is 5.69 Å². The molecule has 0 spiro atoms. The maximum Gasteiger partial charge on any atom is 0.0983 e. The van der Waals surface area contributed by atoms with Gasteiger partial charge in [-0.25, -0.2) is 0 Å². The predicted molar refractivity (Wildman–Crippen MR) is 122 cm³/mol. The van der Waals surface area contributed by atoms with Crippen LogP contribution in [0.15, 0.2) is 85.3 Å². The van der Waals surface area contributed by atoms with E-state index in [1.54, 1.807) is 6.20 Å². The number of anilines is 1. The Kier molecular flexibility index (Phi) is 6.20. The fourth-order valence-electron chi connectivity index (χ4n) is 3.44. The number of rotatable bonds is 8. The third kappa shape index (κ3) is 4.93. The largest absolute Gasteiger partial charge is 0.378 e. The van der Waals surface area contributed by atoms with Crippen LogP contribution in [0.25, 0.3) is 11.3 Å². The topological polar surface area (TPSA) is 46.0 Å². The van der Waals surface area contributed by atoms with E-state index in [9.17, 15) is 0 Å². The monoisotopic (exact) mass is 397 g/mol. The highest BCUT2D eigenvalue weighted by Gasteiger charge is 2.12. The first kappa shape index (κ1) is 19.9. The molecule has 152 valence electrons. The lowest BCUT2D eigenvalue weighted by Crippen LogP contribution is -2.13.